The van der Waals surface area contributed by atoms with Crippen LogP contribution in [0.3, 0.4) is 0 Å². The van der Waals surface area contributed by atoms with Gasteiger partial charge in [-0.25, -0.2) is 8.42 Å². The Hall–Kier alpha value is -1.36. The van der Waals surface area contributed by atoms with Crippen LogP contribution in [0.15, 0.2) is 24.3 Å². The van der Waals surface area contributed by atoms with Crippen molar-refractivity contribution in [2.75, 3.05) is 13.1 Å². The summed E-state index contributed by atoms with van der Waals surface area (Å²) in [4.78, 5) is 14.4. The van der Waals surface area contributed by atoms with E-state index in [9.17, 15) is 13.2 Å². The zero-order valence-electron chi connectivity index (χ0n) is 14.5. The number of hydrogen-bond acceptors (Lipinski definition) is 3. The van der Waals surface area contributed by atoms with Crippen molar-refractivity contribution in [3.63, 3.8) is 0 Å². The van der Waals surface area contributed by atoms with E-state index in [1.807, 2.05) is 31.2 Å². The summed E-state index contributed by atoms with van der Waals surface area (Å²) in [5, 5.41) is -0.986. The Bertz CT molecular complexity index is 659. The Labute approximate surface area is 139 Å². The van der Waals surface area contributed by atoms with E-state index in [4.69, 9.17) is 0 Å². The van der Waals surface area contributed by atoms with E-state index in [1.165, 1.54) is 6.92 Å². The van der Waals surface area contributed by atoms with Gasteiger partial charge in [0.15, 0.2) is 9.84 Å². The summed E-state index contributed by atoms with van der Waals surface area (Å²) < 4.78 is 25.3. The molecule has 1 aliphatic rings. The van der Waals surface area contributed by atoms with Gasteiger partial charge in [0.1, 0.15) is 5.25 Å². The number of benzene rings is 1. The van der Waals surface area contributed by atoms with E-state index in [2.05, 4.69) is 13.8 Å². The predicted molar refractivity (Wildman–Crippen MR) is 92.8 cm³/mol. The lowest BCUT2D eigenvalue weighted by Crippen LogP contribution is -2.48. The minimum atomic E-state index is -3.51. The van der Waals surface area contributed by atoms with E-state index < -0.39 is 15.1 Å². The smallest absolute Gasteiger partial charge is 0.240 e. The third-order valence-corrected chi connectivity index (χ3v) is 6.68. The van der Waals surface area contributed by atoms with Crippen molar-refractivity contribution in [3.8, 4) is 0 Å². The second kappa shape index (κ2) is 7.04. The van der Waals surface area contributed by atoms with Crippen molar-refractivity contribution in [1.29, 1.82) is 0 Å². The van der Waals surface area contributed by atoms with Gasteiger partial charge in [-0.05, 0) is 43.2 Å². The summed E-state index contributed by atoms with van der Waals surface area (Å²) in [6.07, 6.45) is 1.09. The monoisotopic (exact) mass is 337 g/mol. The summed E-state index contributed by atoms with van der Waals surface area (Å²) in [6.45, 7) is 8.97. The fraction of sp³-hybridized carbons (Fsp3) is 0.611. The summed E-state index contributed by atoms with van der Waals surface area (Å²) >= 11 is 0. The maximum atomic E-state index is 12.7. The van der Waals surface area contributed by atoms with Crippen LogP contribution in [0.1, 0.15) is 38.3 Å². The zero-order chi connectivity index (χ0) is 17.2. The molecule has 1 amide bonds. The minimum Gasteiger partial charge on any atom is -0.341 e. The lowest BCUT2D eigenvalue weighted by Gasteiger charge is -2.36. The summed E-state index contributed by atoms with van der Waals surface area (Å²) in [6, 6.07) is 7.43. The van der Waals surface area contributed by atoms with Gasteiger partial charge in [-0.2, -0.15) is 0 Å². The van der Waals surface area contributed by atoms with E-state index in [0.717, 1.165) is 17.5 Å². The number of carbonyl (C=O) groups excluding carboxylic acids is 1. The lowest BCUT2D eigenvalue weighted by atomic mass is 9.92. The number of sulfone groups is 1. The number of aryl methyl sites for hydroxylation is 1. The molecule has 0 saturated carbocycles. The number of amides is 1. The molecule has 128 valence electrons. The van der Waals surface area contributed by atoms with Crippen molar-refractivity contribution in [2.24, 2.45) is 11.8 Å². The number of hydrogen-bond donors (Lipinski definition) is 0. The second-order valence-corrected chi connectivity index (χ2v) is 9.39. The maximum Gasteiger partial charge on any atom is 0.240 e. The van der Waals surface area contributed by atoms with Crippen molar-refractivity contribution in [1.82, 2.24) is 4.90 Å². The van der Waals surface area contributed by atoms with Gasteiger partial charge in [-0.15, -0.1) is 0 Å². The van der Waals surface area contributed by atoms with Crippen LogP contribution in [-0.4, -0.2) is 37.6 Å². The molecule has 1 aromatic rings. The van der Waals surface area contributed by atoms with Gasteiger partial charge in [-0.3, -0.25) is 4.79 Å². The van der Waals surface area contributed by atoms with Crippen LogP contribution in [0.25, 0.3) is 0 Å². The van der Waals surface area contributed by atoms with Crippen molar-refractivity contribution in [3.05, 3.63) is 35.4 Å². The van der Waals surface area contributed by atoms with Gasteiger partial charge in [-0.1, -0.05) is 38.1 Å². The molecule has 0 spiro atoms. The standard InChI is InChI=1S/C18H27NO3S/c1-13-9-14(2)11-19(10-13)18(20)16(4)23(21,22)12-17-8-6-5-7-15(17)3/h5-8,13-14,16H,9-12H2,1-4H3/t13-,14-,16-/m1/s1. The first-order chi connectivity index (χ1) is 10.7. The molecule has 1 aromatic carbocycles. The molecule has 3 atom stereocenters. The molecule has 23 heavy (non-hydrogen) atoms. The van der Waals surface area contributed by atoms with E-state index in [1.54, 1.807) is 4.90 Å². The second-order valence-electron chi connectivity index (χ2n) is 7.07. The van der Waals surface area contributed by atoms with Gasteiger partial charge >= 0.3 is 0 Å². The minimum absolute atomic E-state index is 0.0779. The number of nitrogens with zero attached hydrogens (tertiary/aromatic N) is 1. The van der Waals surface area contributed by atoms with E-state index in [-0.39, 0.29) is 11.7 Å². The average Bonchev–Trinajstić information content (AvgIpc) is 2.47. The first-order valence-corrected chi connectivity index (χ1v) is 9.97. The van der Waals surface area contributed by atoms with Crippen LogP contribution in [0.2, 0.25) is 0 Å². The molecule has 1 fully saturated rings. The van der Waals surface area contributed by atoms with E-state index >= 15 is 0 Å². The van der Waals surface area contributed by atoms with Gasteiger partial charge < -0.3 is 4.90 Å². The molecule has 0 N–H and O–H groups in total. The molecule has 0 radical (unpaired) electrons. The highest BCUT2D eigenvalue weighted by molar-refractivity contribution is 7.92. The van der Waals surface area contributed by atoms with Gasteiger partial charge in [0.25, 0.3) is 0 Å². The van der Waals surface area contributed by atoms with E-state index in [0.29, 0.717) is 24.9 Å². The Morgan fingerprint density at radius 3 is 2.35 bits per heavy atom. The number of carbonyl (C=O) groups is 1. The molecule has 0 bridgehead atoms. The van der Waals surface area contributed by atoms with Crippen LogP contribution in [0.4, 0.5) is 0 Å². The molecular weight excluding hydrogens is 310 g/mol. The average molecular weight is 337 g/mol. The molecule has 5 heteroatoms. The number of rotatable bonds is 4. The van der Waals surface area contributed by atoms with Gasteiger partial charge in [0.2, 0.25) is 5.91 Å². The Morgan fingerprint density at radius 1 is 1.22 bits per heavy atom. The van der Waals surface area contributed by atoms with Crippen molar-refractivity contribution < 1.29 is 13.2 Å². The van der Waals surface area contributed by atoms with Gasteiger partial charge in [0.05, 0.1) is 5.75 Å². The highest BCUT2D eigenvalue weighted by atomic mass is 32.2. The fourth-order valence-electron chi connectivity index (χ4n) is 3.37. The maximum absolute atomic E-state index is 12.7. The topological polar surface area (TPSA) is 54.5 Å². The highest BCUT2D eigenvalue weighted by Crippen LogP contribution is 2.23. The summed E-state index contributed by atoms with van der Waals surface area (Å²) in [7, 11) is -3.51. The van der Waals surface area contributed by atoms with Crippen LogP contribution < -0.4 is 0 Å². The summed E-state index contributed by atoms with van der Waals surface area (Å²) in [5.41, 5.74) is 1.71. The fourth-order valence-corrected chi connectivity index (χ4v) is 4.83. The van der Waals surface area contributed by atoms with Crippen LogP contribution in [-0.2, 0) is 20.4 Å². The molecule has 4 nitrogen and oxygen atoms in total. The third kappa shape index (κ3) is 4.34. The van der Waals surface area contributed by atoms with Crippen molar-refractivity contribution in [2.45, 2.75) is 45.1 Å². The number of piperidine rings is 1. The predicted octanol–water partition coefficient (Wildman–Crippen LogP) is 2.80. The Kier molecular flexibility index (Phi) is 5.50. The molecule has 1 saturated heterocycles. The van der Waals surface area contributed by atoms with Crippen molar-refractivity contribution >= 4 is 15.7 Å². The SMILES string of the molecule is Cc1ccccc1CS(=O)(=O)[C@H](C)C(=O)N1C[C@H](C)C[C@@H](C)C1. The molecular formula is C18H27NO3S. The van der Waals surface area contributed by atoms with Crippen LogP contribution >= 0.6 is 0 Å². The van der Waals surface area contributed by atoms with Gasteiger partial charge in [0, 0.05) is 13.1 Å². The molecule has 1 heterocycles. The zero-order valence-corrected chi connectivity index (χ0v) is 15.3. The van der Waals surface area contributed by atoms with Crippen LogP contribution in [0, 0.1) is 18.8 Å². The first-order valence-electron chi connectivity index (χ1n) is 8.25. The molecule has 1 aliphatic heterocycles. The molecule has 0 unspecified atom stereocenters. The molecule has 0 aromatic heterocycles. The quantitative estimate of drug-likeness (QED) is 0.849. The normalized spacial score (nSPS) is 23.6. The highest BCUT2D eigenvalue weighted by Gasteiger charge is 2.34. The lowest BCUT2D eigenvalue weighted by molar-refractivity contribution is -0.133. The van der Waals surface area contributed by atoms with Crippen LogP contribution in [0.5, 0.6) is 0 Å². The summed E-state index contributed by atoms with van der Waals surface area (Å²) in [5.74, 6) is 0.519. The first kappa shape index (κ1) is 18.0. The largest absolute Gasteiger partial charge is 0.341 e. The Balaban J connectivity index is 2.13. The molecule has 2 rings (SSSR count). The Morgan fingerprint density at radius 2 is 1.78 bits per heavy atom. The third-order valence-electron chi connectivity index (χ3n) is 4.68. The number of likely N-dealkylation sites (tertiary alicyclic amines) is 1. The molecule has 0 aliphatic carbocycles.